The first-order chi connectivity index (χ1) is 18.7. The average Bonchev–Trinajstić information content (AvgIpc) is 2.93. The second kappa shape index (κ2) is 10.4. The van der Waals surface area contributed by atoms with Gasteiger partial charge < -0.3 is 14.0 Å². The van der Waals surface area contributed by atoms with Crippen LogP contribution < -0.4 is 14.9 Å². The Labute approximate surface area is 222 Å². The molecule has 0 saturated heterocycles. The highest BCUT2D eigenvalue weighted by Gasteiger charge is 2.20. The van der Waals surface area contributed by atoms with Crippen LogP contribution in [-0.4, -0.2) is 27.4 Å². The van der Waals surface area contributed by atoms with E-state index in [0.29, 0.717) is 39.3 Å². The largest absolute Gasteiger partial charge is 0.481 e. The average molecular weight is 528 g/mol. The van der Waals surface area contributed by atoms with Crippen LogP contribution in [0.5, 0.6) is 17.4 Å². The predicted octanol–water partition coefficient (Wildman–Crippen LogP) is 5.81. The van der Waals surface area contributed by atoms with Crippen LogP contribution in [0.2, 0.25) is 0 Å². The molecule has 7 nitrogen and oxygen atoms in total. The molecular formula is C30H23F2N3O4. The Morgan fingerprint density at radius 3 is 2.49 bits per heavy atom. The van der Waals surface area contributed by atoms with Gasteiger partial charge >= 0.3 is 0 Å². The topological polar surface area (TPSA) is 83.3 Å². The number of benzene rings is 2. The van der Waals surface area contributed by atoms with Gasteiger partial charge in [-0.1, -0.05) is 18.2 Å². The van der Waals surface area contributed by atoms with E-state index in [1.165, 1.54) is 55.9 Å². The molecule has 0 radical (unpaired) electrons. The van der Waals surface area contributed by atoms with Crippen LogP contribution >= 0.6 is 0 Å². The van der Waals surface area contributed by atoms with E-state index in [9.17, 15) is 14.0 Å². The molecule has 9 heteroatoms. The number of pyridine rings is 3. The van der Waals surface area contributed by atoms with E-state index in [1.54, 1.807) is 42.8 Å². The zero-order valence-electron chi connectivity index (χ0n) is 21.4. The third-order valence-electron chi connectivity index (χ3n) is 6.43. The molecule has 0 saturated carbocycles. The molecule has 0 aliphatic heterocycles. The Hall–Kier alpha value is -4.92. The van der Waals surface area contributed by atoms with Gasteiger partial charge in [0.1, 0.15) is 11.3 Å². The smallest absolute Gasteiger partial charge is 0.213 e. The van der Waals surface area contributed by atoms with Crippen molar-refractivity contribution >= 4 is 16.8 Å². The normalized spacial score (nSPS) is 11.0. The number of aromatic nitrogens is 3. The van der Waals surface area contributed by atoms with Gasteiger partial charge in [0.2, 0.25) is 5.88 Å². The van der Waals surface area contributed by atoms with Crippen LogP contribution in [0.1, 0.15) is 21.6 Å². The summed E-state index contributed by atoms with van der Waals surface area (Å²) in [5.41, 5.74) is 2.28. The van der Waals surface area contributed by atoms with Crippen molar-refractivity contribution in [2.24, 2.45) is 7.05 Å². The van der Waals surface area contributed by atoms with Gasteiger partial charge in [-0.15, -0.1) is 0 Å². The number of nitrogens with zero attached hydrogens (tertiary/aromatic N) is 3. The number of aryl methyl sites for hydroxylation is 1. The number of carbonyl (C=O) groups excluding carboxylic acids is 1. The minimum Gasteiger partial charge on any atom is -0.481 e. The molecule has 0 spiro atoms. The van der Waals surface area contributed by atoms with E-state index < -0.39 is 22.8 Å². The fourth-order valence-electron chi connectivity index (χ4n) is 4.30. The fraction of sp³-hybridized carbons (Fsp3) is 0.133. The second-order valence-corrected chi connectivity index (χ2v) is 8.95. The van der Waals surface area contributed by atoms with Crippen LogP contribution in [-0.2, 0) is 13.5 Å². The third kappa shape index (κ3) is 5.11. The number of rotatable bonds is 7. The summed E-state index contributed by atoms with van der Waals surface area (Å²) >= 11 is 0. The molecule has 0 bridgehead atoms. The molecule has 2 aromatic carbocycles. The van der Waals surface area contributed by atoms with Crippen molar-refractivity contribution in [1.82, 2.24) is 14.5 Å². The number of hydrogen-bond acceptors (Lipinski definition) is 6. The Kier molecular flexibility index (Phi) is 6.89. The number of methoxy groups -OCH3 is 1. The molecule has 5 rings (SSSR count). The first kappa shape index (κ1) is 25.7. The van der Waals surface area contributed by atoms with Crippen molar-refractivity contribution in [2.75, 3.05) is 7.11 Å². The van der Waals surface area contributed by atoms with Crippen molar-refractivity contribution in [3.05, 3.63) is 112 Å². The van der Waals surface area contributed by atoms with Crippen LogP contribution in [0.15, 0.2) is 77.9 Å². The van der Waals surface area contributed by atoms with E-state index in [0.717, 1.165) is 0 Å². The van der Waals surface area contributed by atoms with E-state index in [1.807, 2.05) is 0 Å². The Bertz CT molecular complexity index is 1780. The highest BCUT2D eigenvalue weighted by molar-refractivity contribution is 5.98. The van der Waals surface area contributed by atoms with Crippen molar-refractivity contribution in [3.8, 4) is 28.5 Å². The van der Waals surface area contributed by atoms with Crippen molar-refractivity contribution < 1.29 is 23.0 Å². The van der Waals surface area contributed by atoms with Crippen LogP contribution in [0.25, 0.3) is 22.2 Å². The molecule has 0 aliphatic carbocycles. The van der Waals surface area contributed by atoms with E-state index in [2.05, 4.69) is 9.97 Å². The predicted molar refractivity (Wildman–Crippen MR) is 142 cm³/mol. The third-order valence-corrected chi connectivity index (χ3v) is 6.43. The van der Waals surface area contributed by atoms with E-state index in [4.69, 9.17) is 9.47 Å². The van der Waals surface area contributed by atoms with Crippen molar-refractivity contribution in [2.45, 2.75) is 13.3 Å². The van der Waals surface area contributed by atoms with E-state index >= 15 is 4.39 Å². The van der Waals surface area contributed by atoms with Crippen molar-refractivity contribution in [3.63, 3.8) is 0 Å². The Morgan fingerprint density at radius 2 is 1.77 bits per heavy atom. The lowest BCUT2D eigenvalue weighted by molar-refractivity contribution is 0.0991. The molecular weight excluding hydrogens is 504 g/mol. The molecule has 0 aliphatic rings. The molecule has 3 heterocycles. The zero-order valence-corrected chi connectivity index (χ0v) is 21.4. The maximum Gasteiger partial charge on any atom is 0.213 e. The lowest BCUT2D eigenvalue weighted by atomic mass is 9.97. The number of fused-ring (bicyclic) bond motifs is 1. The summed E-state index contributed by atoms with van der Waals surface area (Å²) in [6.45, 7) is 1.75. The molecule has 5 aromatic rings. The molecule has 196 valence electrons. The molecule has 0 fully saturated rings. The Balaban J connectivity index is 1.42. The summed E-state index contributed by atoms with van der Waals surface area (Å²) in [7, 11) is 3.21. The SMILES string of the molecule is COc1ccc2nccc(Oc3ccc(CC(=O)c4cn(C)c(C)c(-c5ccc(F)cc5)c4=O)cc3F)c2n1. The van der Waals surface area contributed by atoms with Crippen molar-refractivity contribution in [1.29, 1.82) is 0 Å². The minimum absolute atomic E-state index is 0.0357. The first-order valence-electron chi connectivity index (χ1n) is 12.0. The molecule has 3 aromatic heterocycles. The summed E-state index contributed by atoms with van der Waals surface area (Å²) in [5.74, 6) is -0.991. The quantitative estimate of drug-likeness (QED) is 0.249. The molecule has 0 N–H and O–H groups in total. The lowest BCUT2D eigenvalue weighted by Crippen LogP contribution is -2.22. The molecule has 0 atom stereocenters. The summed E-state index contributed by atoms with van der Waals surface area (Å²) in [6.07, 6.45) is 2.80. The number of ether oxygens (including phenoxy) is 2. The summed E-state index contributed by atoms with van der Waals surface area (Å²) in [5, 5.41) is 0. The molecule has 0 unspecified atom stereocenters. The van der Waals surface area contributed by atoms with Gasteiger partial charge in [-0.3, -0.25) is 14.6 Å². The monoisotopic (exact) mass is 527 g/mol. The van der Waals surface area contributed by atoms with Gasteiger partial charge in [-0.2, -0.15) is 0 Å². The Morgan fingerprint density at radius 1 is 1.00 bits per heavy atom. The standard InChI is InChI=1S/C30H23F2N3O4/c1-17-28(19-5-7-20(31)8-6-19)30(37)21(16-35(17)2)24(36)15-18-4-10-25(22(32)14-18)39-26-12-13-33-23-9-11-27(38-3)34-29(23)26/h4-14,16H,15H2,1-3H3. The number of Topliss-reactive ketones (excluding diaryl/α,β-unsaturated/α-hetero) is 1. The number of carbonyl (C=O) groups is 1. The first-order valence-corrected chi connectivity index (χ1v) is 12.0. The van der Waals surface area contributed by atoms with E-state index in [-0.39, 0.29) is 23.5 Å². The lowest BCUT2D eigenvalue weighted by Gasteiger charge is -2.14. The maximum absolute atomic E-state index is 15.1. The van der Waals surface area contributed by atoms with Crippen LogP contribution in [0, 0.1) is 18.6 Å². The zero-order chi connectivity index (χ0) is 27.7. The number of hydrogen-bond donors (Lipinski definition) is 0. The van der Waals surface area contributed by atoms with Gasteiger partial charge in [-0.25, -0.2) is 13.8 Å². The van der Waals surface area contributed by atoms with Crippen LogP contribution in [0.3, 0.4) is 0 Å². The van der Waals surface area contributed by atoms with Gasteiger partial charge in [-0.05, 0) is 48.4 Å². The number of ketones is 1. The number of halogens is 2. The summed E-state index contributed by atoms with van der Waals surface area (Å²) in [6, 6.07) is 14.6. The highest BCUT2D eigenvalue weighted by atomic mass is 19.1. The summed E-state index contributed by atoms with van der Waals surface area (Å²) in [4.78, 5) is 35.0. The van der Waals surface area contributed by atoms with Gasteiger partial charge in [0.15, 0.2) is 28.5 Å². The van der Waals surface area contributed by atoms with Gasteiger partial charge in [0, 0.05) is 49.3 Å². The minimum atomic E-state index is -0.683. The van der Waals surface area contributed by atoms with Gasteiger partial charge in [0.05, 0.1) is 18.2 Å². The molecule has 0 amide bonds. The molecule has 39 heavy (non-hydrogen) atoms. The van der Waals surface area contributed by atoms with Crippen LogP contribution in [0.4, 0.5) is 8.78 Å². The summed E-state index contributed by atoms with van der Waals surface area (Å²) < 4.78 is 41.1. The fourth-order valence-corrected chi connectivity index (χ4v) is 4.30. The maximum atomic E-state index is 15.1. The highest BCUT2D eigenvalue weighted by Crippen LogP contribution is 2.31. The second-order valence-electron chi connectivity index (χ2n) is 8.95. The van der Waals surface area contributed by atoms with Gasteiger partial charge in [0.25, 0.3) is 0 Å².